The Morgan fingerprint density at radius 3 is 2.52 bits per heavy atom. The third-order valence-electron chi connectivity index (χ3n) is 5.48. The minimum atomic E-state index is -0.341. The topological polar surface area (TPSA) is 85.1 Å². The van der Waals surface area contributed by atoms with E-state index in [1.54, 1.807) is 30.2 Å². The average molecular weight is 375 g/mol. The molecule has 2 fully saturated rings. The fraction of sp³-hybridized carbons (Fsp3) is 0.600. The maximum Gasteiger partial charge on any atom is 0.254 e. The lowest BCUT2D eigenvalue weighted by atomic mass is 9.97. The van der Waals surface area contributed by atoms with Crippen molar-refractivity contribution in [2.45, 2.75) is 31.8 Å². The molecule has 0 spiro atoms. The van der Waals surface area contributed by atoms with Gasteiger partial charge in [-0.25, -0.2) is 0 Å². The van der Waals surface area contributed by atoms with Gasteiger partial charge in [0.2, 0.25) is 5.91 Å². The van der Waals surface area contributed by atoms with Crippen molar-refractivity contribution < 1.29 is 19.1 Å². The fourth-order valence-electron chi connectivity index (χ4n) is 3.76. The molecule has 27 heavy (non-hydrogen) atoms. The van der Waals surface area contributed by atoms with Crippen LogP contribution in [0.15, 0.2) is 18.2 Å². The number of rotatable bonds is 5. The Morgan fingerprint density at radius 1 is 1.11 bits per heavy atom. The largest absolute Gasteiger partial charge is 0.493 e. The zero-order valence-corrected chi connectivity index (χ0v) is 16.1. The van der Waals surface area contributed by atoms with Crippen LogP contribution in [0.1, 0.15) is 36.0 Å². The van der Waals surface area contributed by atoms with Crippen LogP contribution in [0.2, 0.25) is 0 Å². The van der Waals surface area contributed by atoms with Gasteiger partial charge in [0.25, 0.3) is 5.91 Å². The highest BCUT2D eigenvalue weighted by atomic mass is 16.5. The maximum atomic E-state index is 12.8. The smallest absolute Gasteiger partial charge is 0.254 e. The molecule has 7 nitrogen and oxygen atoms in total. The monoisotopic (exact) mass is 375 g/mol. The number of likely N-dealkylation sites (tertiary alicyclic amines) is 2. The molecule has 0 unspecified atom stereocenters. The number of benzene rings is 1. The number of methoxy groups -OCH3 is 1. The summed E-state index contributed by atoms with van der Waals surface area (Å²) >= 11 is 0. The Morgan fingerprint density at radius 2 is 1.85 bits per heavy atom. The summed E-state index contributed by atoms with van der Waals surface area (Å²) in [6.45, 7) is 3.04. The first-order valence-corrected chi connectivity index (χ1v) is 9.59. The van der Waals surface area contributed by atoms with Gasteiger partial charge in [0.1, 0.15) is 6.10 Å². The second kappa shape index (κ2) is 8.61. The first kappa shape index (κ1) is 19.5. The van der Waals surface area contributed by atoms with Gasteiger partial charge >= 0.3 is 0 Å². The minimum Gasteiger partial charge on any atom is -0.493 e. The number of piperidine rings is 2. The van der Waals surface area contributed by atoms with Crippen molar-refractivity contribution in [2.24, 2.45) is 11.7 Å². The van der Waals surface area contributed by atoms with Crippen LogP contribution in [0, 0.1) is 5.92 Å². The Hall–Kier alpha value is -2.28. The highest BCUT2D eigenvalue weighted by molar-refractivity contribution is 5.95. The first-order valence-electron chi connectivity index (χ1n) is 9.59. The summed E-state index contributed by atoms with van der Waals surface area (Å²) in [7, 11) is 3.69. The van der Waals surface area contributed by atoms with Crippen molar-refractivity contribution in [3.8, 4) is 11.5 Å². The molecule has 0 aliphatic carbocycles. The fourth-order valence-corrected chi connectivity index (χ4v) is 3.76. The van der Waals surface area contributed by atoms with Gasteiger partial charge in [-0.05, 0) is 50.9 Å². The van der Waals surface area contributed by atoms with E-state index in [0.717, 1.165) is 38.8 Å². The quantitative estimate of drug-likeness (QED) is 0.843. The van der Waals surface area contributed by atoms with E-state index in [-0.39, 0.29) is 23.8 Å². The minimum absolute atomic E-state index is 0.106. The predicted octanol–water partition coefficient (Wildman–Crippen LogP) is 1.51. The Bertz CT molecular complexity index is 686. The zero-order valence-electron chi connectivity index (χ0n) is 16.1. The number of hydrogen-bond acceptors (Lipinski definition) is 5. The van der Waals surface area contributed by atoms with Gasteiger partial charge in [0, 0.05) is 31.7 Å². The van der Waals surface area contributed by atoms with Crippen LogP contribution < -0.4 is 15.2 Å². The molecule has 2 aliphatic rings. The number of primary amides is 1. The molecule has 3 rings (SSSR count). The highest BCUT2D eigenvalue weighted by Gasteiger charge is 2.28. The zero-order chi connectivity index (χ0) is 19.4. The number of nitrogens with two attached hydrogens (primary N) is 1. The van der Waals surface area contributed by atoms with Crippen LogP contribution in [-0.4, -0.2) is 68.1 Å². The van der Waals surface area contributed by atoms with Crippen molar-refractivity contribution in [1.82, 2.24) is 9.80 Å². The lowest BCUT2D eigenvalue weighted by Gasteiger charge is -2.31. The van der Waals surface area contributed by atoms with E-state index in [1.165, 1.54) is 0 Å². The van der Waals surface area contributed by atoms with E-state index in [2.05, 4.69) is 11.9 Å². The Labute approximate surface area is 160 Å². The van der Waals surface area contributed by atoms with E-state index in [4.69, 9.17) is 15.2 Å². The molecule has 2 amide bonds. The van der Waals surface area contributed by atoms with Crippen molar-refractivity contribution in [1.29, 1.82) is 0 Å². The average Bonchev–Trinajstić information content (AvgIpc) is 2.69. The second-order valence-electron chi connectivity index (χ2n) is 7.48. The first-order chi connectivity index (χ1) is 13.0. The van der Waals surface area contributed by atoms with E-state index in [1.807, 2.05) is 0 Å². The highest BCUT2D eigenvalue weighted by Crippen LogP contribution is 2.31. The van der Waals surface area contributed by atoms with Crippen LogP contribution in [0.5, 0.6) is 11.5 Å². The van der Waals surface area contributed by atoms with Crippen molar-refractivity contribution >= 4 is 11.8 Å². The lowest BCUT2D eigenvalue weighted by Crippen LogP contribution is -2.44. The molecule has 0 aromatic heterocycles. The Kier molecular flexibility index (Phi) is 6.21. The van der Waals surface area contributed by atoms with E-state index in [0.29, 0.717) is 30.2 Å². The summed E-state index contributed by atoms with van der Waals surface area (Å²) in [5.41, 5.74) is 5.95. The van der Waals surface area contributed by atoms with Gasteiger partial charge in [-0.15, -0.1) is 0 Å². The summed E-state index contributed by atoms with van der Waals surface area (Å²) in [5.74, 6) is 0.508. The van der Waals surface area contributed by atoms with E-state index < -0.39 is 0 Å². The normalized spacial score (nSPS) is 21.7. The molecule has 1 aromatic rings. The summed E-state index contributed by atoms with van der Waals surface area (Å²) in [6.07, 6.45) is 3.64. The molecule has 2 aliphatic heterocycles. The summed E-state index contributed by atoms with van der Waals surface area (Å²) in [5, 5.41) is 0. The predicted molar refractivity (Wildman–Crippen MR) is 102 cm³/mol. The van der Waals surface area contributed by atoms with Gasteiger partial charge in [-0.2, -0.15) is 0 Å². The molecular weight excluding hydrogens is 346 g/mol. The lowest BCUT2D eigenvalue weighted by molar-refractivity contribution is -0.123. The molecule has 2 N–H and O–H groups in total. The second-order valence-corrected chi connectivity index (χ2v) is 7.48. The molecule has 7 heteroatoms. The molecule has 2 heterocycles. The van der Waals surface area contributed by atoms with Crippen LogP contribution >= 0.6 is 0 Å². The van der Waals surface area contributed by atoms with Crippen molar-refractivity contribution in [3.05, 3.63) is 23.8 Å². The number of amides is 2. The maximum absolute atomic E-state index is 12.8. The summed E-state index contributed by atoms with van der Waals surface area (Å²) in [4.78, 5) is 28.3. The van der Waals surface area contributed by atoms with Crippen LogP contribution in [0.25, 0.3) is 0 Å². The third kappa shape index (κ3) is 4.71. The van der Waals surface area contributed by atoms with Crippen LogP contribution in [0.4, 0.5) is 0 Å². The molecule has 0 radical (unpaired) electrons. The molecule has 2 saturated heterocycles. The van der Waals surface area contributed by atoms with Crippen molar-refractivity contribution in [2.75, 3.05) is 40.3 Å². The molecule has 148 valence electrons. The molecular formula is C20H29N3O4. The SMILES string of the molecule is COc1cc(C(=O)N2CCC[C@H](C(N)=O)C2)ccc1OC1CCN(C)CC1. The summed E-state index contributed by atoms with van der Waals surface area (Å²) < 4.78 is 11.6. The van der Waals surface area contributed by atoms with Gasteiger partial charge in [-0.1, -0.05) is 0 Å². The Balaban J connectivity index is 1.69. The molecule has 0 bridgehead atoms. The number of nitrogens with zero attached hydrogens (tertiary/aromatic N) is 2. The van der Waals surface area contributed by atoms with Gasteiger partial charge in [0.15, 0.2) is 11.5 Å². The van der Waals surface area contributed by atoms with Gasteiger partial charge < -0.3 is 25.0 Å². The molecule has 1 atom stereocenters. The number of ether oxygens (including phenoxy) is 2. The number of carbonyl (C=O) groups excluding carboxylic acids is 2. The third-order valence-corrected chi connectivity index (χ3v) is 5.48. The van der Waals surface area contributed by atoms with E-state index in [9.17, 15) is 9.59 Å². The van der Waals surface area contributed by atoms with Crippen molar-refractivity contribution in [3.63, 3.8) is 0 Å². The van der Waals surface area contributed by atoms with Gasteiger partial charge in [-0.3, -0.25) is 9.59 Å². The van der Waals surface area contributed by atoms with Crippen LogP contribution in [-0.2, 0) is 4.79 Å². The number of carbonyl (C=O) groups is 2. The molecule has 0 saturated carbocycles. The molecule has 1 aromatic carbocycles. The van der Waals surface area contributed by atoms with Crippen LogP contribution in [0.3, 0.4) is 0 Å². The summed E-state index contributed by atoms with van der Waals surface area (Å²) in [6, 6.07) is 5.30. The van der Waals surface area contributed by atoms with E-state index >= 15 is 0 Å². The van der Waals surface area contributed by atoms with Gasteiger partial charge in [0.05, 0.1) is 13.0 Å². The standard InChI is InChI=1S/C20H29N3O4/c1-22-10-7-16(8-11-22)27-17-6-5-14(12-18(17)26-2)20(25)23-9-3-4-15(13-23)19(21)24/h5-6,12,15-16H,3-4,7-11,13H2,1-2H3,(H2,21,24)/t15-/m0/s1. The number of hydrogen-bond donors (Lipinski definition) is 1.